The highest BCUT2D eigenvalue weighted by molar-refractivity contribution is 7.18. The summed E-state index contributed by atoms with van der Waals surface area (Å²) in [4.78, 5) is 27.9. The zero-order valence-electron chi connectivity index (χ0n) is 15.3. The molecule has 2 amide bonds. The van der Waals surface area contributed by atoms with E-state index in [1.165, 1.54) is 11.3 Å². The molecule has 5 nitrogen and oxygen atoms in total. The summed E-state index contributed by atoms with van der Waals surface area (Å²) >= 11 is 7.19. The van der Waals surface area contributed by atoms with E-state index in [4.69, 9.17) is 11.6 Å². The van der Waals surface area contributed by atoms with Crippen LogP contribution in [0.5, 0.6) is 0 Å². The Hall–Kier alpha value is -1.53. The highest BCUT2D eigenvalue weighted by Gasteiger charge is 2.42. The van der Waals surface area contributed by atoms with E-state index < -0.39 is 0 Å². The third-order valence-electron chi connectivity index (χ3n) is 5.08. The van der Waals surface area contributed by atoms with Crippen LogP contribution in [0.2, 0.25) is 4.34 Å². The average molecular weight is 396 g/mol. The number of carbonyl (C=O) groups excluding carboxylic acids is 2. The molecule has 0 aliphatic carbocycles. The fraction of sp³-hybridized carbons (Fsp3) is 0.579. The molecule has 1 aromatic rings. The van der Waals surface area contributed by atoms with E-state index >= 15 is 0 Å². The standard InChI is InChI=1S/C19H26ClN3O2S/c1-3-5-13-14(22-18(24)15-8-9-16(20)26-15)11-23(19(13)25)17-7-4-6-12(2)10-21-17/h7-9,12-14,21H,3-6,10-11H2,1-2H3,(H,22,24)/t12?,13-,14+/m1/s1. The first kappa shape index (κ1) is 19.2. The van der Waals surface area contributed by atoms with Gasteiger partial charge in [0.1, 0.15) is 5.82 Å². The van der Waals surface area contributed by atoms with Crippen LogP contribution >= 0.6 is 22.9 Å². The third-order valence-corrected chi connectivity index (χ3v) is 6.31. The lowest BCUT2D eigenvalue weighted by molar-refractivity contribution is -0.129. The van der Waals surface area contributed by atoms with E-state index in [9.17, 15) is 9.59 Å². The summed E-state index contributed by atoms with van der Waals surface area (Å²) in [5.74, 6) is 1.26. The SMILES string of the molecule is CCC[C@H]1C(=O)N(C2=CCCC(C)CN2)C[C@@H]1NC(=O)c1ccc(Cl)s1. The van der Waals surface area contributed by atoms with Crippen molar-refractivity contribution in [3.63, 3.8) is 0 Å². The lowest BCUT2D eigenvalue weighted by Crippen LogP contribution is -2.40. The Morgan fingerprint density at radius 1 is 1.46 bits per heavy atom. The van der Waals surface area contributed by atoms with Crippen LogP contribution in [0.1, 0.15) is 49.2 Å². The van der Waals surface area contributed by atoms with Crippen LogP contribution in [0.25, 0.3) is 0 Å². The van der Waals surface area contributed by atoms with Gasteiger partial charge in [-0.1, -0.05) is 31.9 Å². The number of nitrogens with one attached hydrogen (secondary N) is 2. The van der Waals surface area contributed by atoms with Gasteiger partial charge in [-0.25, -0.2) is 0 Å². The Balaban J connectivity index is 1.73. The topological polar surface area (TPSA) is 61.4 Å². The van der Waals surface area contributed by atoms with Crippen molar-refractivity contribution in [3.8, 4) is 0 Å². The van der Waals surface area contributed by atoms with Crippen molar-refractivity contribution in [2.75, 3.05) is 13.1 Å². The first-order chi connectivity index (χ1) is 12.5. The first-order valence-electron chi connectivity index (χ1n) is 9.31. The number of amides is 2. The maximum absolute atomic E-state index is 13.0. The van der Waals surface area contributed by atoms with Gasteiger partial charge in [0, 0.05) is 13.1 Å². The molecule has 0 spiro atoms. The molecule has 26 heavy (non-hydrogen) atoms. The summed E-state index contributed by atoms with van der Waals surface area (Å²) in [6.07, 6.45) is 5.89. The monoisotopic (exact) mass is 395 g/mol. The van der Waals surface area contributed by atoms with E-state index in [2.05, 4.69) is 30.6 Å². The van der Waals surface area contributed by atoms with Crippen molar-refractivity contribution in [2.24, 2.45) is 11.8 Å². The molecule has 3 heterocycles. The third kappa shape index (κ3) is 4.23. The lowest BCUT2D eigenvalue weighted by atomic mass is 9.97. The largest absolute Gasteiger partial charge is 0.371 e. The van der Waals surface area contributed by atoms with E-state index in [0.29, 0.717) is 21.7 Å². The predicted molar refractivity (Wildman–Crippen MR) is 105 cm³/mol. The quantitative estimate of drug-likeness (QED) is 0.800. The summed E-state index contributed by atoms with van der Waals surface area (Å²) in [5, 5.41) is 6.48. The molecule has 1 aromatic heterocycles. The molecular formula is C19H26ClN3O2S. The molecule has 1 fully saturated rings. The lowest BCUT2D eigenvalue weighted by Gasteiger charge is -2.21. The molecule has 0 aromatic carbocycles. The number of allylic oxidation sites excluding steroid dienone is 1. The number of hydrogen-bond donors (Lipinski definition) is 2. The van der Waals surface area contributed by atoms with Crippen LogP contribution in [0.4, 0.5) is 0 Å². The van der Waals surface area contributed by atoms with E-state index in [-0.39, 0.29) is 23.8 Å². The van der Waals surface area contributed by atoms with E-state index in [1.807, 2.05) is 4.90 Å². The molecule has 1 unspecified atom stereocenters. The van der Waals surface area contributed by atoms with Crippen molar-refractivity contribution in [1.82, 2.24) is 15.5 Å². The molecule has 142 valence electrons. The van der Waals surface area contributed by atoms with Crippen molar-refractivity contribution < 1.29 is 9.59 Å². The highest BCUT2D eigenvalue weighted by Crippen LogP contribution is 2.28. The van der Waals surface area contributed by atoms with Gasteiger partial charge in [0.15, 0.2) is 0 Å². The zero-order chi connectivity index (χ0) is 18.7. The number of likely N-dealkylation sites (tertiary alicyclic amines) is 1. The summed E-state index contributed by atoms with van der Waals surface area (Å²) in [5.41, 5.74) is 0. The minimum atomic E-state index is -0.181. The Bertz CT molecular complexity index is 703. The minimum Gasteiger partial charge on any atom is -0.371 e. The van der Waals surface area contributed by atoms with Gasteiger partial charge >= 0.3 is 0 Å². The van der Waals surface area contributed by atoms with Crippen LogP contribution in [0.15, 0.2) is 24.0 Å². The molecule has 0 radical (unpaired) electrons. The molecular weight excluding hydrogens is 370 g/mol. The Morgan fingerprint density at radius 2 is 2.27 bits per heavy atom. The molecule has 1 saturated heterocycles. The van der Waals surface area contributed by atoms with Crippen LogP contribution in [0, 0.1) is 11.8 Å². The van der Waals surface area contributed by atoms with Gasteiger partial charge in [-0.05, 0) is 43.4 Å². The Morgan fingerprint density at radius 3 is 2.96 bits per heavy atom. The normalized spacial score (nSPS) is 26.3. The van der Waals surface area contributed by atoms with Crippen molar-refractivity contribution in [2.45, 2.75) is 45.6 Å². The number of halogens is 1. The maximum atomic E-state index is 13.0. The number of carbonyl (C=O) groups is 2. The Kier molecular flexibility index (Phi) is 6.24. The number of hydrogen-bond acceptors (Lipinski definition) is 4. The Labute approximate surface area is 163 Å². The van der Waals surface area contributed by atoms with Crippen molar-refractivity contribution >= 4 is 34.8 Å². The average Bonchev–Trinajstić information content (AvgIpc) is 3.09. The predicted octanol–water partition coefficient (Wildman–Crippen LogP) is 3.62. The molecule has 0 saturated carbocycles. The molecule has 2 aliphatic rings. The highest BCUT2D eigenvalue weighted by atomic mass is 35.5. The maximum Gasteiger partial charge on any atom is 0.261 e. The van der Waals surface area contributed by atoms with Crippen LogP contribution < -0.4 is 10.6 Å². The van der Waals surface area contributed by atoms with Gasteiger partial charge in [-0.3, -0.25) is 14.5 Å². The van der Waals surface area contributed by atoms with Gasteiger partial charge in [0.2, 0.25) is 5.91 Å². The van der Waals surface area contributed by atoms with Gasteiger partial charge in [0.05, 0.1) is 21.2 Å². The van der Waals surface area contributed by atoms with E-state index in [1.54, 1.807) is 12.1 Å². The van der Waals surface area contributed by atoms with Crippen LogP contribution in [0.3, 0.4) is 0 Å². The number of thiophene rings is 1. The summed E-state index contributed by atoms with van der Waals surface area (Å²) in [6, 6.07) is 3.26. The molecule has 2 N–H and O–H groups in total. The second-order valence-electron chi connectivity index (χ2n) is 7.18. The van der Waals surface area contributed by atoms with Gasteiger partial charge < -0.3 is 10.6 Å². The fourth-order valence-corrected chi connectivity index (χ4v) is 4.57. The molecule has 0 bridgehead atoms. The number of nitrogens with zero attached hydrogens (tertiary/aromatic N) is 1. The van der Waals surface area contributed by atoms with Crippen molar-refractivity contribution in [3.05, 3.63) is 33.2 Å². The van der Waals surface area contributed by atoms with Crippen LogP contribution in [-0.2, 0) is 4.79 Å². The second-order valence-corrected chi connectivity index (χ2v) is 8.90. The summed E-state index contributed by atoms with van der Waals surface area (Å²) < 4.78 is 0.589. The van der Waals surface area contributed by atoms with Gasteiger partial charge in [-0.2, -0.15) is 0 Å². The fourth-order valence-electron chi connectivity index (χ4n) is 3.62. The summed E-state index contributed by atoms with van der Waals surface area (Å²) in [7, 11) is 0. The number of rotatable bonds is 5. The van der Waals surface area contributed by atoms with Gasteiger partial charge in [0.25, 0.3) is 5.91 Å². The van der Waals surface area contributed by atoms with Crippen molar-refractivity contribution in [1.29, 1.82) is 0 Å². The second kappa shape index (κ2) is 8.44. The molecule has 3 atom stereocenters. The van der Waals surface area contributed by atoms with E-state index in [0.717, 1.165) is 38.0 Å². The smallest absolute Gasteiger partial charge is 0.261 e. The van der Waals surface area contributed by atoms with Crippen LogP contribution in [-0.4, -0.2) is 35.8 Å². The first-order valence-corrected chi connectivity index (χ1v) is 10.5. The molecule has 7 heteroatoms. The minimum absolute atomic E-state index is 0.106. The molecule has 2 aliphatic heterocycles. The molecule has 3 rings (SSSR count). The summed E-state index contributed by atoms with van der Waals surface area (Å²) in [6.45, 7) is 5.67. The van der Waals surface area contributed by atoms with Gasteiger partial charge in [-0.15, -0.1) is 11.3 Å². The zero-order valence-corrected chi connectivity index (χ0v) is 16.8.